The third-order valence-electron chi connectivity index (χ3n) is 4.37. The molecule has 2 heterocycles. The van der Waals surface area contributed by atoms with Gasteiger partial charge in [-0.15, -0.1) is 0 Å². The lowest BCUT2D eigenvalue weighted by Gasteiger charge is -2.27. The number of para-hydroxylation sites is 1. The molecule has 0 radical (unpaired) electrons. The molecule has 1 aromatic carbocycles. The van der Waals surface area contributed by atoms with Gasteiger partial charge in [0.1, 0.15) is 18.0 Å². The van der Waals surface area contributed by atoms with Crippen LogP contribution in [0.3, 0.4) is 0 Å². The van der Waals surface area contributed by atoms with E-state index in [4.69, 9.17) is 4.74 Å². The van der Waals surface area contributed by atoms with Gasteiger partial charge in [-0.3, -0.25) is 4.79 Å². The fraction of sp³-hybridized carbons (Fsp3) is 0.389. The third kappa shape index (κ3) is 4.90. The monoisotopic (exact) mass is 342 g/mol. The second-order valence-electron chi connectivity index (χ2n) is 6.05. The zero-order chi connectivity index (χ0) is 17.5. The minimum absolute atomic E-state index is 0.127. The Hall–Kier alpha value is -2.67. The van der Waals surface area contributed by atoms with E-state index in [1.165, 1.54) is 6.33 Å². The Morgan fingerprint density at radius 1 is 1.20 bits per heavy atom. The van der Waals surface area contributed by atoms with Gasteiger partial charge in [0.05, 0.1) is 5.92 Å². The van der Waals surface area contributed by atoms with Crippen molar-refractivity contribution in [1.29, 1.82) is 0 Å². The summed E-state index contributed by atoms with van der Waals surface area (Å²) in [7, 11) is 0. The quantitative estimate of drug-likeness (QED) is 0.712. The summed E-state index contributed by atoms with van der Waals surface area (Å²) >= 11 is 0. The Morgan fingerprint density at radius 2 is 1.92 bits per heavy atom. The Balaban J connectivity index is 1.61. The van der Waals surface area contributed by atoms with Crippen LogP contribution in [0.1, 0.15) is 12.8 Å². The second-order valence-corrected chi connectivity index (χ2v) is 6.05. The van der Waals surface area contributed by atoms with Crippen LogP contribution < -0.4 is 10.6 Å². The molecule has 7 heteroatoms. The number of aromatic nitrogens is 2. The topological polar surface area (TPSA) is 96.4 Å². The highest BCUT2D eigenvalue weighted by Gasteiger charge is 2.29. The molecule has 0 bridgehead atoms. The SMILES string of the molecule is O=C(O)C(CNc1cc(Nc2ccccc2)ncn1)C1CCOCC1. The summed E-state index contributed by atoms with van der Waals surface area (Å²) in [6.45, 7) is 1.60. The van der Waals surface area contributed by atoms with Gasteiger partial charge >= 0.3 is 5.97 Å². The number of aliphatic carboxylic acids is 1. The third-order valence-corrected chi connectivity index (χ3v) is 4.37. The molecule has 1 aromatic heterocycles. The number of anilines is 3. The molecule has 1 fully saturated rings. The molecule has 1 aliphatic heterocycles. The molecule has 0 aliphatic carbocycles. The van der Waals surface area contributed by atoms with Gasteiger partial charge in [0.2, 0.25) is 0 Å². The van der Waals surface area contributed by atoms with Gasteiger partial charge in [0.15, 0.2) is 0 Å². The molecule has 3 N–H and O–H groups in total. The van der Waals surface area contributed by atoms with Crippen molar-refractivity contribution in [2.24, 2.45) is 11.8 Å². The molecular weight excluding hydrogens is 320 g/mol. The van der Waals surface area contributed by atoms with Crippen molar-refractivity contribution in [3.05, 3.63) is 42.7 Å². The molecule has 0 amide bonds. The van der Waals surface area contributed by atoms with Crippen LogP contribution in [0.25, 0.3) is 0 Å². The number of nitrogens with zero attached hydrogens (tertiary/aromatic N) is 2. The van der Waals surface area contributed by atoms with Crippen molar-refractivity contribution in [3.63, 3.8) is 0 Å². The van der Waals surface area contributed by atoms with Gasteiger partial charge in [-0.05, 0) is 30.9 Å². The molecule has 2 aromatic rings. The van der Waals surface area contributed by atoms with Gasteiger partial charge in [-0.2, -0.15) is 0 Å². The number of hydrogen-bond acceptors (Lipinski definition) is 6. The molecular formula is C18H22N4O3. The lowest BCUT2D eigenvalue weighted by Crippen LogP contribution is -2.34. The van der Waals surface area contributed by atoms with Crippen LogP contribution in [0.4, 0.5) is 17.3 Å². The predicted molar refractivity (Wildman–Crippen MR) is 94.9 cm³/mol. The second kappa shape index (κ2) is 8.43. The van der Waals surface area contributed by atoms with E-state index in [0.717, 1.165) is 18.5 Å². The summed E-state index contributed by atoms with van der Waals surface area (Å²) < 4.78 is 5.32. The van der Waals surface area contributed by atoms with Crippen LogP contribution in [0.15, 0.2) is 42.7 Å². The number of hydrogen-bond donors (Lipinski definition) is 3. The lowest BCUT2D eigenvalue weighted by molar-refractivity contribution is -0.144. The average molecular weight is 342 g/mol. The van der Waals surface area contributed by atoms with E-state index < -0.39 is 11.9 Å². The molecule has 0 spiro atoms. The van der Waals surface area contributed by atoms with E-state index in [0.29, 0.717) is 31.4 Å². The highest BCUT2D eigenvalue weighted by molar-refractivity contribution is 5.71. The number of benzene rings is 1. The van der Waals surface area contributed by atoms with Gasteiger partial charge < -0.3 is 20.5 Å². The van der Waals surface area contributed by atoms with Crippen molar-refractivity contribution in [1.82, 2.24) is 9.97 Å². The fourth-order valence-corrected chi connectivity index (χ4v) is 2.98. The van der Waals surface area contributed by atoms with E-state index in [9.17, 15) is 9.90 Å². The maximum atomic E-state index is 11.6. The largest absolute Gasteiger partial charge is 0.481 e. The van der Waals surface area contributed by atoms with Gasteiger partial charge in [-0.1, -0.05) is 18.2 Å². The molecule has 25 heavy (non-hydrogen) atoms. The Bertz CT molecular complexity index is 690. The van der Waals surface area contributed by atoms with E-state index in [1.54, 1.807) is 6.07 Å². The van der Waals surface area contributed by atoms with Crippen LogP contribution in [0.5, 0.6) is 0 Å². The minimum atomic E-state index is -0.781. The standard InChI is InChI=1S/C18H22N4O3/c23-18(24)15(13-6-8-25-9-7-13)11-19-16-10-17(21-12-20-16)22-14-4-2-1-3-5-14/h1-5,10,12-13,15H,6-9,11H2,(H,23,24)(H2,19,20,21,22). The first-order chi connectivity index (χ1) is 12.2. The number of carbonyl (C=O) groups is 1. The van der Waals surface area contributed by atoms with Crippen LogP contribution in [0, 0.1) is 11.8 Å². The minimum Gasteiger partial charge on any atom is -0.481 e. The van der Waals surface area contributed by atoms with E-state index in [-0.39, 0.29) is 5.92 Å². The van der Waals surface area contributed by atoms with E-state index in [1.807, 2.05) is 30.3 Å². The summed E-state index contributed by atoms with van der Waals surface area (Å²) in [5.41, 5.74) is 0.928. The van der Waals surface area contributed by atoms with Crippen molar-refractivity contribution in [3.8, 4) is 0 Å². The van der Waals surface area contributed by atoms with Crippen molar-refractivity contribution < 1.29 is 14.6 Å². The van der Waals surface area contributed by atoms with Crippen molar-refractivity contribution in [2.75, 3.05) is 30.4 Å². The zero-order valence-electron chi connectivity index (χ0n) is 13.9. The molecule has 7 nitrogen and oxygen atoms in total. The summed E-state index contributed by atoms with van der Waals surface area (Å²) in [4.78, 5) is 20.0. The molecule has 1 unspecified atom stereocenters. The number of nitrogens with one attached hydrogen (secondary N) is 2. The summed E-state index contributed by atoms with van der Waals surface area (Å²) in [6.07, 6.45) is 3.02. The van der Waals surface area contributed by atoms with Crippen LogP contribution in [0.2, 0.25) is 0 Å². The average Bonchev–Trinajstić information content (AvgIpc) is 2.64. The highest BCUT2D eigenvalue weighted by Crippen LogP contribution is 2.25. The first kappa shape index (κ1) is 17.2. The number of rotatable bonds is 7. The summed E-state index contributed by atoms with van der Waals surface area (Å²) in [5, 5.41) is 15.9. The fourth-order valence-electron chi connectivity index (χ4n) is 2.98. The van der Waals surface area contributed by atoms with E-state index >= 15 is 0 Å². The smallest absolute Gasteiger partial charge is 0.308 e. The van der Waals surface area contributed by atoms with Gasteiger partial charge in [0, 0.05) is 31.5 Å². The number of carboxylic acids is 1. The number of ether oxygens (including phenoxy) is 1. The lowest BCUT2D eigenvalue weighted by atomic mass is 9.86. The maximum absolute atomic E-state index is 11.6. The van der Waals surface area contributed by atoms with Crippen LogP contribution in [-0.4, -0.2) is 40.8 Å². The molecule has 0 saturated carbocycles. The first-order valence-corrected chi connectivity index (χ1v) is 8.41. The summed E-state index contributed by atoms with van der Waals surface area (Å²) in [6, 6.07) is 11.5. The van der Waals surface area contributed by atoms with Crippen LogP contribution >= 0.6 is 0 Å². The summed E-state index contributed by atoms with van der Waals surface area (Å²) in [5.74, 6) is 0.149. The van der Waals surface area contributed by atoms with Gasteiger partial charge in [-0.25, -0.2) is 9.97 Å². The van der Waals surface area contributed by atoms with E-state index in [2.05, 4.69) is 20.6 Å². The number of carboxylic acid groups (broad SMARTS) is 1. The Kier molecular flexibility index (Phi) is 5.79. The molecule has 1 saturated heterocycles. The Labute approximate surface area is 146 Å². The molecule has 1 aliphatic rings. The zero-order valence-corrected chi connectivity index (χ0v) is 13.9. The maximum Gasteiger partial charge on any atom is 0.308 e. The van der Waals surface area contributed by atoms with Crippen molar-refractivity contribution in [2.45, 2.75) is 12.8 Å². The molecule has 3 rings (SSSR count). The Morgan fingerprint density at radius 3 is 2.64 bits per heavy atom. The first-order valence-electron chi connectivity index (χ1n) is 8.41. The highest BCUT2D eigenvalue weighted by atomic mass is 16.5. The predicted octanol–water partition coefficient (Wildman–Crippen LogP) is 2.76. The molecule has 132 valence electrons. The van der Waals surface area contributed by atoms with Crippen molar-refractivity contribution >= 4 is 23.3 Å². The van der Waals surface area contributed by atoms with Crippen LogP contribution in [-0.2, 0) is 9.53 Å². The normalized spacial score (nSPS) is 16.2. The van der Waals surface area contributed by atoms with Gasteiger partial charge in [0.25, 0.3) is 0 Å². The molecule has 1 atom stereocenters.